The molecule has 1 aliphatic rings. The lowest BCUT2D eigenvalue weighted by molar-refractivity contribution is -0.137. The Bertz CT molecular complexity index is 427. The highest BCUT2D eigenvalue weighted by Gasteiger charge is 2.31. The highest BCUT2D eigenvalue weighted by Crippen LogP contribution is 2.31. The van der Waals surface area contributed by atoms with Gasteiger partial charge in [0.2, 0.25) is 0 Å². The standard InChI is InChI=1S/C14H19F3N2/c1-3-13(2)10-19(9-8-18-13)12-6-4-11(5-7-12)14(15,16)17/h4-7,18H,3,8-10H2,1-2H3. The summed E-state index contributed by atoms with van der Waals surface area (Å²) in [5, 5.41) is 3.46. The lowest BCUT2D eigenvalue weighted by Crippen LogP contribution is -2.58. The van der Waals surface area contributed by atoms with Gasteiger partial charge in [-0.3, -0.25) is 0 Å². The molecule has 0 amide bonds. The molecular formula is C14H19F3N2. The lowest BCUT2D eigenvalue weighted by Gasteiger charge is -2.42. The summed E-state index contributed by atoms with van der Waals surface area (Å²) in [6.07, 6.45) is -3.27. The summed E-state index contributed by atoms with van der Waals surface area (Å²) in [4.78, 5) is 2.14. The van der Waals surface area contributed by atoms with Gasteiger partial charge in [-0.1, -0.05) is 6.92 Å². The van der Waals surface area contributed by atoms with E-state index in [0.29, 0.717) is 0 Å². The van der Waals surface area contributed by atoms with Crippen molar-refractivity contribution in [2.75, 3.05) is 24.5 Å². The number of piperazine rings is 1. The first-order chi connectivity index (χ1) is 8.84. The number of benzene rings is 1. The molecule has 1 aliphatic heterocycles. The van der Waals surface area contributed by atoms with E-state index in [4.69, 9.17) is 0 Å². The molecular weight excluding hydrogens is 253 g/mol. The van der Waals surface area contributed by atoms with Crippen LogP contribution in [-0.2, 0) is 6.18 Å². The largest absolute Gasteiger partial charge is 0.416 e. The Balaban J connectivity index is 2.14. The monoisotopic (exact) mass is 272 g/mol. The van der Waals surface area contributed by atoms with E-state index in [9.17, 15) is 13.2 Å². The van der Waals surface area contributed by atoms with Gasteiger partial charge in [-0.05, 0) is 37.6 Å². The molecule has 106 valence electrons. The van der Waals surface area contributed by atoms with Crippen LogP contribution in [0.5, 0.6) is 0 Å². The maximum atomic E-state index is 12.5. The number of rotatable bonds is 2. The van der Waals surface area contributed by atoms with Gasteiger partial charge in [0.15, 0.2) is 0 Å². The number of alkyl halides is 3. The molecule has 1 fully saturated rings. The van der Waals surface area contributed by atoms with Gasteiger partial charge in [0.1, 0.15) is 0 Å². The van der Waals surface area contributed by atoms with E-state index in [2.05, 4.69) is 24.1 Å². The number of anilines is 1. The molecule has 0 aromatic heterocycles. The molecule has 1 saturated heterocycles. The van der Waals surface area contributed by atoms with Gasteiger partial charge in [0.25, 0.3) is 0 Å². The van der Waals surface area contributed by atoms with Crippen LogP contribution in [0, 0.1) is 0 Å². The summed E-state index contributed by atoms with van der Waals surface area (Å²) in [5.41, 5.74) is 0.292. The maximum Gasteiger partial charge on any atom is 0.416 e. The summed E-state index contributed by atoms with van der Waals surface area (Å²) in [7, 11) is 0. The molecule has 1 atom stereocenters. The molecule has 1 unspecified atom stereocenters. The first kappa shape index (κ1) is 14.2. The van der Waals surface area contributed by atoms with E-state index in [1.807, 2.05) is 0 Å². The normalized spacial score (nSPS) is 24.6. The van der Waals surface area contributed by atoms with Crippen molar-refractivity contribution in [2.24, 2.45) is 0 Å². The molecule has 0 spiro atoms. The van der Waals surface area contributed by atoms with E-state index < -0.39 is 11.7 Å². The Morgan fingerprint density at radius 3 is 2.42 bits per heavy atom. The Hall–Kier alpha value is -1.23. The SMILES string of the molecule is CCC1(C)CN(c2ccc(C(F)(F)F)cc2)CCN1. The quantitative estimate of drug-likeness (QED) is 0.888. The lowest BCUT2D eigenvalue weighted by atomic mass is 9.95. The Morgan fingerprint density at radius 1 is 1.26 bits per heavy atom. The van der Waals surface area contributed by atoms with Gasteiger partial charge in [0.05, 0.1) is 5.56 Å². The average molecular weight is 272 g/mol. The van der Waals surface area contributed by atoms with Gasteiger partial charge in [0, 0.05) is 30.9 Å². The fourth-order valence-corrected chi connectivity index (χ4v) is 2.37. The first-order valence-corrected chi connectivity index (χ1v) is 6.51. The molecule has 0 bridgehead atoms. The summed E-state index contributed by atoms with van der Waals surface area (Å²) in [6, 6.07) is 5.43. The highest BCUT2D eigenvalue weighted by molar-refractivity contribution is 5.49. The van der Waals surface area contributed by atoms with Gasteiger partial charge in [-0.15, -0.1) is 0 Å². The number of hydrogen-bond acceptors (Lipinski definition) is 2. The summed E-state index contributed by atoms with van der Waals surface area (Å²) < 4.78 is 37.5. The Labute approximate surface area is 111 Å². The number of hydrogen-bond donors (Lipinski definition) is 1. The van der Waals surface area contributed by atoms with Crippen LogP contribution in [0.1, 0.15) is 25.8 Å². The summed E-state index contributed by atoms with van der Waals surface area (Å²) in [5.74, 6) is 0. The smallest absolute Gasteiger partial charge is 0.368 e. The van der Waals surface area contributed by atoms with Crippen LogP contribution in [0.3, 0.4) is 0 Å². The predicted octanol–water partition coefficient (Wildman–Crippen LogP) is 3.28. The van der Waals surface area contributed by atoms with Gasteiger partial charge >= 0.3 is 6.18 Å². The predicted molar refractivity (Wildman–Crippen MR) is 70.4 cm³/mol. The maximum absolute atomic E-state index is 12.5. The first-order valence-electron chi connectivity index (χ1n) is 6.51. The second kappa shape index (κ2) is 5.04. The molecule has 0 aliphatic carbocycles. The fourth-order valence-electron chi connectivity index (χ4n) is 2.37. The summed E-state index contributed by atoms with van der Waals surface area (Å²) >= 11 is 0. The van der Waals surface area contributed by atoms with Gasteiger partial charge < -0.3 is 10.2 Å². The van der Waals surface area contributed by atoms with Crippen molar-refractivity contribution < 1.29 is 13.2 Å². The molecule has 2 nitrogen and oxygen atoms in total. The van der Waals surface area contributed by atoms with Crippen molar-refractivity contribution in [3.05, 3.63) is 29.8 Å². The average Bonchev–Trinajstić information content (AvgIpc) is 2.38. The van der Waals surface area contributed by atoms with Crippen LogP contribution in [0.2, 0.25) is 0 Å². The Kier molecular flexibility index (Phi) is 3.76. The molecule has 1 aromatic carbocycles. The minimum absolute atomic E-state index is 0.0287. The zero-order valence-electron chi connectivity index (χ0n) is 11.2. The van der Waals surface area contributed by atoms with Crippen LogP contribution < -0.4 is 10.2 Å². The number of nitrogens with zero attached hydrogens (tertiary/aromatic N) is 1. The highest BCUT2D eigenvalue weighted by atomic mass is 19.4. The van der Waals surface area contributed by atoms with Crippen LogP contribution in [0.25, 0.3) is 0 Å². The van der Waals surface area contributed by atoms with E-state index in [-0.39, 0.29) is 5.54 Å². The molecule has 1 aromatic rings. The third kappa shape index (κ3) is 3.21. The van der Waals surface area contributed by atoms with Crippen LogP contribution in [-0.4, -0.2) is 25.2 Å². The third-order valence-corrected chi connectivity index (χ3v) is 3.81. The zero-order valence-corrected chi connectivity index (χ0v) is 11.2. The molecule has 0 saturated carbocycles. The van der Waals surface area contributed by atoms with E-state index in [1.54, 1.807) is 12.1 Å². The molecule has 19 heavy (non-hydrogen) atoms. The molecule has 2 rings (SSSR count). The van der Waals surface area contributed by atoms with Crippen molar-refractivity contribution in [1.29, 1.82) is 0 Å². The minimum atomic E-state index is -4.26. The topological polar surface area (TPSA) is 15.3 Å². The minimum Gasteiger partial charge on any atom is -0.368 e. The summed E-state index contributed by atoms with van der Waals surface area (Å²) in [6.45, 7) is 6.74. The molecule has 5 heteroatoms. The van der Waals surface area contributed by atoms with Crippen molar-refractivity contribution in [2.45, 2.75) is 32.0 Å². The molecule has 1 heterocycles. The zero-order chi connectivity index (χ0) is 14.1. The van der Waals surface area contributed by atoms with Crippen LogP contribution >= 0.6 is 0 Å². The van der Waals surface area contributed by atoms with Gasteiger partial charge in [-0.25, -0.2) is 0 Å². The van der Waals surface area contributed by atoms with Crippen molar-refractivity contribution in [1.82, 2.24) is 5.32 Å². The van der Waals surface area contributed by atoms with Crippen LogP contribution in [0.4, 0.5) is 18.9 Å². The molecule has 1 N–H and O–H groups in total. The number of halogens is 3. The van der Waals surface area contributed by atoms with E-state index in [1.165, 1.54) is 0 Å². The third-order valence-electron chi connectivity index (χ3n) is 3.81. The van der Waals surface area contributed by atoms with Crippen molar-refractivity contribution in [3.8, 4) is 0 Å². The van der Waals surface area contributed by atoms with E-state index >= 15 is 0 Å². The van der Waals surface area contributed by atoms with Crippen LogP contribution in [0.15, 0.2) is 24.3 Å². The second-order valence-corrected chi connectivity index (χ2v) is 5.31. The van der Waals surface area contributed by atoms with Gasteiger partial charge in [-0.2, -0.15) is 13.2 Å². The molecule has 0 radical (unpaired) electrons. The van der Waals surface area contributed by atoms with Crippen molar-refractivity contribution >= 4 is 5.69 Å². The second-order valence-electron chi connectivity index (χ2n) is 5.31. The van der Waals surface area contributed by atoms with E-state index in [0.717, 1.165) is 43.9 Å². The number of nitrogens with one attached hydrogen (secondary N) is 1. The fraction of sp³-hybridized carbons (Fsp3) is 0.571. The Morgan fingerprint density at radius 2 is 1.89 bits per heavy atom. The van der Waals surface area contributed by atoms with Crippen molar-refractivity contribution in [3.63, 3.8) is 0 Å².